The summed E-state index contributed by atoms with van der Waals surface area (Å²) in [6, 6.07) is 14.2. The van der Waals surface area contributed by atoms with E-state index in [1.54, 1.807) is 43.5 Å². The average molecular weight is 372 g/mol. The summed E-state index contributed by atoms with van der Waals surface area (Å²) in [4.78, 5) is 12.8. The van der Waals surface area contributed by atoms with Gasteiger partial charge in [-0.05, 0) is 49.7 Å². The number of ether oxygens (including phenoxy) is 1. The van der Waals surface area contributed by atoms with Crippen molar-refractivity contribution in [2.75, 3.05) is 23.3 Å². The van der Waals surface area contributed by atoms with Crippen molar-refractivity contribution in [3.63, 3.8) is 0 Å². The molecule has 1 aliphatic carbocycles. The van der Waals surface area contributed by atoms with E-state index in [-0.39, 0.29) is 5.92 Å². The van der Waals surface area contributed by atoms with Gasteiger partial charge in [0.1, 0.15) is 5.75 Å². The van der Waals surface area contributed by atoms with E-state index in [2.05, 4.69) is 5.32 Å². The molecule has 0 aromatic heterocycles. The van der Waals surface area contributed by atoms with Gasteiger partial charge in [-0.25, -0.2) is 8.42 Å². The second-order valence-electron chi connectivity index (χ2n) is 6.84. The molecule has 1 saturated carbocycles. The molecule has 26 heavy (non-hydrogen) atoms. The highest BCUT2D eigenvalue weighted by Crippen LogP contribution is 2.58. The number of sulfonamides is 1. The Morgan fingerprint density at radius 2 is 1.81 bits per heavy atom. The lowest BCUT2D eigenvalue weighted by atomic mass is 10.2. The average Bonchev–Trinajstić information content (AvgIpc) is 3.32. The highest BCUT2D eigenvalue weighted by Gasteiger charge is 2.75. The van der Waals surface area contributed by atoms with Crippen molar-refractivity contribution in [2.45, 2.75) is 18.1 Å². The Morgan fingerprint density at radius 3 is 2.42 bits per heavy atom. The Balaban J connectivity index is 1.58. The largest absolute Gasteiger partial charge is 0.497 e. The van der Waals surface area contributed by atoms with Gasteiger partial charge in [-0.15, -0.1) is 0 Å². The predicted molar refractivity (Wildman–Crippen MR) is 99.9 cm³/mol. The van der Waals surface area contributed by atoms with Gasteiger partial charge in [0, 0.05) is 18.2 Å². The third kappa shape index (κ3) is 2.38. The van der Waals surface area contributed by atoms with E-state index in [1.165, 1.54) is 4.31 Å². The fraction of sp³-hybridized carbons (Fsp3) is 0.316. The lowest BCUT2D eigenvalue weighted by molar-refractivity contribution is -0.116. The smallest absolute Gasteiger partial charge is 0.250 e. The summed E-state index contributed by atoms with van der Waals surface area (Å²) in [5, 5.41) is 2.75. The summed E-state index contributed by atoms with van der Waals surface area (Å²) in [6.07, 6.45) is 0.375. The van der Waals surface area contributed by atoms with E-state index < -0.39 is 20.7 Å². The topological polar surface area (TPSA) is 75.7 Å². The number of carbonyl (C=O) groups is 1. The molecule has 136 valence electrons. The number of anilines is 2. The molecule has 1 heterocycles. The van der Waals surface area contributed by atoms with Crippen LogP contribution in [0, 0.1) is 12.8 Å². The summed E-state index contributed by atoms with van der Waals surface area (Å²) in [5.74, 6) is 0.0406. The van der Waals surface area contributed by atoms with Crippen molar-refractivity contribution < 1.29 is 17.9 Å². The molecule has 1 aliphatic heterocycles. The van der Waals surface area contributed by atoms with Gasteiger partial charge >= 0.3 is 0 Å². The molecule has 0 unspecified atom stereocenters. The Hall–Kier alpha value is -2.54. The first-order valence-electron chi connectivity index (χ1n) is 8.43. The van der Waals surface area contributed by atoms with E-state index in [0.29, 0.717) is 30.1 Å². The van der Waals surface area contributed by atoms with Crippen LogP contribution in [0.4, 0.5) is 11.4 Å². The lowest BCUT2D eigenvalue weighted by Crippen LogP contribution is -2.42. The van der Waals surface area contributed by atoms with Crippen LogP contribution in [-0.2, 0) is 14.8 Å². The van der Waals surface area contributed by atoms with E-state index >= 15 is 0 Å². The molecule has 1 saturated heterocycles. The fourth-order valence-electron chi connectivity index (χ4n) is 3.59. The van der Waals surface area contributed by atoms with Crippen molar-refractivity contribution in [2.24, 2.45) is 5.92 Å². The monoisotopic (exact) mass is 372 g/mol. The van der Waals surface area contributed by atoms with Crippen LogP contribution in [0.15, 0.2) is 48.5 Å². The van der Waals surface area contributed by atoms with Crippen LogP contribution < -0.4 is 14.4 Å². The molecular formula is C19H20N2O4S. The van der Waals surface area contributed by atoms with Crippen LogP contribution in [0.2, 0.25) is 0 Å². The van der Waals surface area contributed by atoms with Crippen LogP contribution in [0.1, 0.15) is 12.0 Å². The molecule has 0 bridgehead atoms. The van der Waals surface area contributed by atoms with Gasteiger partial charge < -0.3 is 10.1 Å². The van der Waals surface area contributed by atoms with Crippen LogP contribution in [-0.4, -0.2) is 32.7 Å². The zero-order valence-corrected chi connectivity index (χ0v) is 15.4. The summed E-state index contributed by atoms with van der Waals surface area (Å²) >= 11 is 0. The van der Waals surface area contributed by atoms with Crippen LogP contribution in [0.25, 0.3) is 0 Å². The molecule has 7 heteroatoms. The van der Waals surface area contributed by atoms with E-state index in [4.69, 9.17) is 4.74 Å². The summed E-state index contributed by atoms with van der Waals surface area (Å²) in [5.41, 5.74) is 2.22. The lowest BCUT2D eigenvalue weighted by Gasteiger charge is -2.23. The zero-order chi connectivity index (χ0) is 18.5. The highest BCUT2D eigenvalue weighted by atomic mass is 32.2. The number of aryl methyl sites for hydroxylation is 1. The second kappa shape index (κ2) is 5.74. The molecule has 2 aromatic carbocycles. The zero-order valence-electron chi connectivity index (χ0n) is 14.6. The Bertz CT molecular complexity index is 954. The molecular weight excluding hydrogens is 352 g/mol. The number of hydrogen-bond acceptors (Lipinski definition) is 4. The minimum absolute atomic E-state index is 0.174. The number of nitrogens with one attached hydrogen (secondary N) is 1. The number of nitrogens with zero attached hydrogens (tertiary/aromatic N) is 1. The summed E-state index contributed by atoms with van der Waals surface area (Å²) in [7, 11) is -2.19. The third-order valence-electron chi connectivity index (χ3n) is 5.24. The van der Waals surface area contributed by atoms with Gasteiger partial charge in [-0.2, -0.15) is 0 Å². The Morgan fingerprint density at radius 1 is 1.15 bits per heavy atom. The van der Waals surface area contributed by atoms with Gasteiger partial charge in [-0.3, -0.25) is 9.10 Å². The number of hydrogen-bond donors (Lipinski definition) is 1. The maximum atomic E-state index is 13.1. The Kier molecular flexibility index (Phi) is 3.73. The minimum atomic E-state index is -3.75. The van der Waals surface area contributed by atoms with Gasteiger partial charge in [0.15, 0.2) is 4.75 Å². The van der Waals surface area contributed by atoms with Crippen molar-refractivity contribution in [1.29, 1.82) is 0 Å². The first-order valence-corrected chi connectivity index (χ1v) is 9.87. The maximum absolute atomic E-state index is 13.1. The van der Waals surface area contributed by atoms with Crippen LogP contribution >= 0.6 is 0 Å². The first-order chi connectivity index (χ1) is 12.4. The van der Waals surface area contributed by atoms with Gasteiger partial charge in [0.05, 0.1) is 12.8 Å². The number of benzene rings is 2. The second-order valence-corrected chi connectivity index (χ2v) is 8.96. The first kappa shape index (κ1) is 16.9. The van der Waals surface area contributed by atoms with Gasteiger partial charge in [0.2, 0.25) is 15.9 Å². The number of rotatable bonds is 4. The summed E-state index contributed by atoms with van der Waals surface area (Å²) in [6.45, 7) is 2.30. The van der Waals surface area contributed by atoms with Crippen molar-refractivity contribution in [3.8, 4) is 5.75 Å². The maximum Gasteiger partial charge on any atom is 0.250 e. The van der Waals surface area contributed by atoms with Crippen molar-refractivity contribution in [1.82, 2.24) is 0 Å². The molecule has 1 amide bonds. The fourth-order valence-corrected chi connectivity index (χ4v) is 5.95. The normalized spacial score (nSPS) is 25.5. The van der Waals surface area contributed by atoms with Crippen molar-refractivity contribution in [3.05, 3.63) is 54.1 Å². The molecule has 0 radical (unpaired) electrons. The molecule has 2 fully saturated rings. The van der Waals surface area contributed by atoms with E-state index in [1.807, 2.05) is 19.1 Å². The third-order valence-corrected chi connectivity index (χ3v) is 7.79. The molecule has 2 aliphatic rings. The van der Waals surface area contributed by atoms with Crippen molar-refractivity contribution >= 4 is 27.3 Å². The molecule has 2 aromatic rings. The number of fused-ring (bicyclic) bond motifs is 1. The molecule has 1 N–H and O–H groups in total. The molecule has 6 nitrogen and oxygen atoms in total. The number of amides is 1. The van der Waals surface area contributed by atoms with Gasteiger partial charge in [-0.1, -0.05) is 17.7 Å². The quantitative estimate of drug-likeness (QED) is 0.895. The minimum Gasteiger partial charge on any atom is -0.497 e. The van der Waals surface area contributed by atoms with E-state index in [0.717, 1.165) is 5.56 Å². The highest BCUT2D eigenvalue weighted by molar-refractivity contribution is 7.95. The van der Waals surface area contributed by atoms with Gasteiger partial charge in [0.25, 0.3) is 0 Å². The number of carbonyl (C=O) groups excluding carboxylic acids is 1. The van der Waals surface area contributed by atoms with E-state index in [9.17, 15) is 13.2 Å². The predicted octanol–water partition coefficient (Wildman–Crippen LogP) is 2.55. The number of methoxy groups -OCH3 is 1. The summed E-state index contributed by atoms with van der Waals surface area (Å²) < 4.78 is 31.3. The standard InChI is InChI=1S/C19H20N2O4S/c1-13-3-7-16(8-4-13)21-12-14-11-19(14,26(21,23)24)18(22)20-15-5-9-17(25-2)10-6-15/h3-10,14H,11-12H2,1-2H3,(H,20,22)/t14-,19+/m0/s1. The molecule has 2 atom stereocenters. The molecule has 4 rings (SSSR count). The SMILES string of the molecule is COc1ccc(NC(=O)[C@@]23C[C@H]2CN(c2ccc(C)cc2)S3(=O)=O)cc1. The van der Waals surface area contributed by atoms with Crippen LogP contribution in [0.5, 0.6) is 5.75 Å². The molecule has 0 spiro atoms. The Labute approximate surface area is 152 Å². The van der Waals surface area contributed by atoms with Crippen LogP contribution in [0.3, 0.4) is 0 Å².